The van der Waals surface area contributed by atoms with Gasteiger partial charge in [-0.05, 0) is 78.6 Å². The maximum absolute atomic E-state index is 12.8. The molecule has 38 heavy (non-hydrogen) atoms. The predicted molar refractivity (Wildman–Crippen MR) is 149 cm³/mol. The number of hydrogen-bond acceptors (Lipinski definition) is 6. The summed E-state index contributed by atoms with van der Waals surface area (Å²) in [6.45, 7) is 6.30. The van der Waals surface area contributed by atoms with Gasteiger partial charge in [0.05, 0.1) is 19.9 Å². The van der Waals surface area contributed by atoms with E-state index >= 15 is 0 Å². The Balaban J connectivity index is 1.63. The summed E-state index contributed by atoms with van der Waals surface area (Å²) in [6.07, 6.45) is 1.49. The van der Waals surface area contributed by atoms with Gasteiger partial charge in [0.1, 0.15) is 18.3 Å². The van der Waals surface area contributed by atoms with Crippen LogP contribution in [0.15, 0.2) is 71.8 Å². The molecule has 2 N–H and O–H groups in total. The summed E-state index contributed by atoms with van der Waals surface area (Å²) in [6, 6.07) is 19.6. The smallest absolute Gasteiger partial charge is 0.252 e. The van der Waals surface area contributed by atoms with Crippen molar-refractivity contribution in [2.45, 2.75) is 27.4 Å². The van der Waals surface area contributed by atoms with Gasteiger partial charge < -0.3 is 19.5 Å². The van der Waals surface area contributed by atoms with Crippen molar-refractivity contribution in [1.29, 1.82) is 0 Å². The number of hydrazone groups is 1. The zero-order chi connectivity index (χ0) is 27.5. The van der Waals surface area contributed by atoms with Gasteiger partial charge in [0.2, 0.25) is 5.91 Å². The van der Waals surface area contributed by atoms with Gasteiger partial charge >= 0.3 is 0 Å². The van der Waals surface area contributed by atoms with Crippen molar-refractivity contribution in [2.24, 2.45) is 16.9 Å². The highest BCUT2D eigenvalue weighted by atomic mass is 35.5. The molecule has 9 heteroatoms. The largest absolute Gasteiger partial charge is 0.497 e. The molecule has 1 unspecified atom stereocenters. The maximum Gasteiger partial charge on any atom is 0.252 e. The number of carbonyl (C=O) groups excluding carboxylic acids is 2. The van der Waals surface area contributed by atoms with E-state index < -0.39 is 17.7 Å². The molecular formula is C29H32ClN3O5. The minimum atomic E-state index is -0.933. The van der Waals surface area contributed by atoms with Crippen molar-refractivity contribution in [3.63, 3.8) is 0 Å². The number of rotatable bonds is 12. The number of benzene rings is 3. The lowest BCUT2D eigenvalue weighted by Gasteiger charge is -2.18. The number of hydrogen-bond donors (Lipinski definition) is 2. The molecule has 8 nitrogen and oxygen atoms in total. The van der Waals surface area contributed by atoms with E-state index in [1.807, 2.05) is 31.2 Å². The van der Waals surface area contributed by atoms with E-state index in [-0.39, 0.29) is 5.92 Å². The van der Waals surface area contributed by atoms with Crippen LogP contribution >= 0.6 is 11.6 Å². The van der Waals surface area contributed by atoms with Crippen LogP contribution in [-0.2, 0) is 16.2 Å². The molecule has 0 radical (unpaired) electrons. The van der Waals surface area contributed by atoms with Crippen molar-refractivity contribution < 1.29 is 23.8 Å². The maximum atomic E-state index is 12.8. The number of nitrogens with zero attached hydrogens (tertiary/aromatic N) is 1. The van der Waals surface area contributed by atoms with Gasteiger partial charge in [-0.2, -0.15) is 5.10 Å². The van der Waals surface area contributed by atoms with Crippen LogP contribution in [0.4, 0.5) is 5.69 Å². The van der Waals surface area contributed by atoms with E-state index in [4.69, 9.17) is 25.8 Å². The lowest BCUT2D eigenvalue weighted by atomic mass is 9.94. The average molecular weight is 538 g/mol. The van der Waals surface area contributed by atoms with E-state index in [0.29, 0.717) is 46.7 Å². The van der Waals surface area contributed by atoms with Crippen molar-refractivity contribution >= 4 is 35.3 Å². The first-order chi connectivity index (χ1) is 18.3. The molecule has 0 aromatic heterocycles. The Morgan fingerprint density at radius 3 is 2.29 bits per heavy atom. The van der Waals surface area contributed by atoms with Gasteiger partial charge in [-0.25, -0.2) is 5.43 Å². The van der Waals surface area contributed by atoms with E-state index in [2.05, 4.69) is 15.8 Å². The van der Waals surface area contributed by atoms with Gasteiger partial charge in [-0.15, -0.1) is 0 Å². The summed E-state index contributed by atoms with van der Waals surface area (Å²) < 4.78 is 16.8. The molecule has 200 valence electrons. The number of anilines is 1. The van der Waals surface area contributed by atoms with Gasteiger partial charge in [0.15, 0.2) is 11.5 Å². The van der Waals surface area contributed by atoms with Gasteiger partial charge in [-0.1, -0.05) is 37.6 Å². The van der Waals surface area contributed by atoms with Crippen LogP contribution in [0.5, 0.6) is 17.2 Å². The van der Waals surface area contributed by atoms with Crippen molar-refractivity contribution in [1.82, 2.24) is 5.43 Å². The molecule has 0 aliphatic rings. The van der Waals surface area contributed by atoms with Crippen LogP contribution in [0.3, 0.4) is 0 Å². The molecule has 2 amide bonds. The number of methoxy groups -OCH3 is 1. The number of amides is 2. The standard InChI is InChI=1S/C29H32ClN3O5/c1-5-37-26-16-21(8-15-25(26)38-18-20-6-9-22(30)10-7-20)17-31-33-29(35)27(19(2)3)28(34)32-23-11-13-24(36-4)14-12-23/h6-17,19,27H,5,18H2,1-4H3,(H,32,34)(H,33,35). The lowest BCUT2D eigenvalue weighted by Crippen LogP contribution is -2.39. The zero-order valence-corrected chi connectivity index (χ0v) is 22.6. The molecule has 3 rings (SSSR count). The van der Waals surface area contributed by atoms with Crippen LogP contribution in [-0.4, -0.2) is 31.7 Å². The number of nitrogens with one attached hydrogen (secondary N) is 2. The third kappa shape index (κ3) is 8.24. The van der Waals surface area contributed by atoms with Gasteiger partial charge in [0, 0.05) is 10.7 Å². The number of carbonyl (C=O) groups is 2. The number of halogens is 1. The monoisotopic (exact) mass is 537 g/mol. The van der Waals surface area contributed by atoms with Crippen molar-refractivity contribution in [3.8, 4) is 17.2 Å². The lowest BCUT2D eigenvalue weighted by molar-refractivity contribution is -0.134. The summed E-state index contributed by atoms with van der Waals surface area (Å²) in [5.74, 6) is -0.297. The first-order valence-corrected chi connectivity index (χ1v) is 12.6. The fourth-order valence-corrected chi connectivity index (χ4v) is 3.72. The summed E-state index contributed by atoms with van der Waals surface area (Å²) in [5, 5.41) is 7.50. The number of ether oxygens (including phenoxy) is 3. The molecule has 0 saturated carbocycles. The Hall–Kier alpha value is -4.04. The molecule has 0 spiro atoms. The molecule has 0 aliphatic heterocycles. The minimum absolute atomic E-state index is 0.245. The Labute approximate surface area is 227 Å². The highest BCUT2D eigenvalue weighted by Gasteiger charge is 2.30. The molecular weight excluding hydrogens is 506 g/mol. The fourth-order valence-electron chi connectivity index (χ4n) is 3.59. The fraction of sp³-hybridized carbons (Fsp3) is 0.276. The Morgan fingerprint density at radius 2 is 1.66 bits per heavy atom. The molecule has 1 atom stereocenters. The molecule has 0 heterocycles. The first-order valence-electron chi connectivity index (χ1n) is 12.2. The van der Waals surface area contributed by atoms with Crippen LogP contribution in [0.25, 0.3) is 0 Å². The first kappa shape index (κ1) is 28.5. The molecule has 0 saturated heterocycles. The van der Waals surface area contributed by atoms with Crippen molar-refractivity contribution in [3.05, 3.63) is 82.9 Å². The Kier molecular flexibility index (Phi) is 10.5. The van der Waals surface area contributed by atoms with E-state index in [1.165, 1.54) is 6.21 Å². The Bertz CT molecular complexity index is 1240. The predicted octanol–water partition coefficient (Wildman–Crippen LogP) is 5.69. The second kappa shape index (κ2) is 14.0. The molecule has 3 aromatic carbocycles. The summed E-state index contributed by atoms with van der Waals surface area (Å²) in [7, 11) is 1.57. The quantitative estimate of drug-likeness (QED) is 0.176. The van der Waals surface area contributed by atoms with Crippen LogP contribution in [0.2, 0.25) is 5.02 Å². The molecule has 0 fully saturated rings. The molecule has 3 aromatic rings. The second-order valence-electron chi connectivity index (χ2n) is 8.73. The SMILES string of the molecule is CCOc1cc(C=NNC(=O)C(C(=O)Nc2ccc(OC)cc2)C(C)C)ccc1OCc1ccc(Cl)cc1. The molecule has 0 aliphatic carbocycles. The van der Waals surface area contributed by atoms with Gasteiger partial charge in [0.25, 0.3) is 5.91 Å². The Morgan fingerprint density at radius 1 is 0.947 bits per heavy atom. The third-order valence-electron chi connectivity index (χ3n) is 5.55. The zero-order valence-electron chi connectivity index (χ0n) is 21.9. The van der Waals surface area contributed by atoms with E-state index in [1.54, 1.807) is 63.4 Å². The van der Waals surface area contributed by atoms with E-state index in [0.717, 1.165) is 5.56 Å². The highest BCUT2D eigenvalue weighted by Crippen LogP contribution is 2.29. The third-order valence-corrected chi connectivity index (χ3v) is 5.80. The normalized spacial score (nSPS) is 11.7. The summed E-state index contributed by atoms with van der Waals surface area (Å²) in [5.41, 5.74) is 4.71. The molecule has 0 bridgehead atoms. The van der Waals surface area contributed by atoms with Gasteiger partial charge in [-0.3, -0.25) is 9.59 Å². The van der Waals surface area contributed by atoms with Crippen LogP contribution in [0, 0.1) is 11.8 Å². The van der Waals surface area contributed by atoms with Crippen LogP contribution in [0.1, 0.15) is 31.9 Å². The average Bonchev–Trinajstić information content (AvgIpc) is 2.89. The van der Waals surface area contributed by atoms with Crippen LogP contribution < -0.4 is 25.0 Å². The summed E-state index contributed by atoms with van der Waals surface area (Å²) >= 11 is 5.94. The highest BCUT2D eigenvalue weighted by molar-refractivity contribution is 6.30. The summed E-state index contributed by atoms with van der Waals surface area (Å²) in [4.78, 5) is 25.6. The van der Waals surface area contributed by atoms with Crippen molar-refractivity contribution in [2.75, 3.05) is 19.0 Å². The second-order valence-corrected chi connectivity index (χ2v) is 9.16. The van der Waals surface area contributed by atoms with E-state index in [9.17, 15) is 9.59 Å². The minimum Gasteiger partial charge on any atom is -0.497 e. The topological polar surface area (TPSA) is 98.2 Å².